The number of guanidine groups is 1. The van der Waals surface area contributed by atoms with E-state index in [4.69, 9.17) is 4.99 Å². The zero-order valence-corrected chi connectivity index (χ0v) is 18.6. The maximum atomic E-state index is 4.76. The average Bonchev–Trinajstić information content (AvgIpc) is 2.55. The van der Waals surface area contributed by atoms with Gasteiger partial charge in [-0.1, -0.05) is 44.2 Å². The highest BCUT2D eigenvalue weighted by atomic mass is 127. The number of likely N-dealkylation sites (tertiary alicyclic amines) is 1. The van der Waals surface area contributed by atoms with Crippen molar-refractivity contribution < 1.29 is 0 Å². The number of benzene rings is 1. The largest absolute Gasteiger partial charge is 0.356 e. The SMILES string of the molecule is CC(C)CN1CCCC(CNC(=NCc2ccccc2)N(C)C)C1.I. The van der Waals surface area contributed by atoms with Gasteiger partial charge in [0.05, 0.1) is 6.54 Å². The van der Waals surface area contributed by atoms with Crippen molar-refractivity contribution >= 4 is 29.9 Å². The molecule has 0 radical (unpaired) electrons. The summed E-state index contributed by atoms with van der Waals surface area (Å²) < 4.78 is 0. The van der Waals surface area contributed by atoms with Crippen molar-refractivity contribution in [2.75, 3.05) is 40.3 Å². The van der Waals surface area contributed by atoms with Gasteiger partial charge < -0.3 is 15.1 Å². The Kier molecular flexibility index (Phi) is 10.4. The van der Waals surface area contributed by atoms with E-state index < -0.39 is 0 Å². The van der Waals surface area contributed by atoms with E-state index in [0.717, 1.165) is 30.9 Å². The van der Waals surface area contributed by atoms with Gasteiger partial charge >= 0.3 is 0 Å². The first kappa shape index (κ1) is 22.2. The van der Waals surface area contributed by atoms with E-state index in [2.05, 4.69) is 67.3 Å². The predicted octanol–water partition coefficient (Wildman–Crippen LogP) is 3.68. The number of hydrogen-bond acceptors (Lipinski definition) is 2. The lowest BCUT2D eigenvalue weighted by Crippen LogP contribution is -2.44. The van der Waals surface area contributed by atoms with Crippen molar-refractivity contribution in [3.8, 4) is 0 Å². The second-order valence-electron chi connectivity index (χ2n) is 7.56. The molecule has 2 rings (SSSR count). The molecule has 1 N–H and O–H groups in total. The van der Waals surface area contributed by atoms with Crippen LogP contribution < -0.4 is 5.32 Å². The van der Waals surface area contributed by atoms with Crippen LogP contribution in [0, 0.1) is 11.8 Å². The molecule has 1 fully saturated rings. The number of rotatable bonds is 6. The first-order chi connectivity index (χ1) is 11.5. The van der Waals surface area contributed by atoms with Crippen molar-refractivity contribution in [1.29, 1.82) is 0 Å². The van der Waals surface area contributed by atoms with E-state index >= 15 is 0 Å². The molecule has 0 spiro atoms. The van der Waals surface area contributed by atoms with Crippen molar-refractivity contribution in [1.82, 2.24) is 15.1 Å². The summed E-state index contributed by atoms with van der Waals surface area (Å²) >= 11 is 0. The summed E-state index contributed by atoms with van der Waals surface area (Å²) in [5, 5.41) is 3.58. The monoisotopic (exact) mass is 458 g/mol. The molecular formula is C20H35IN4. The van der Waals surface area contributed by atoms with E-state index in [1.807, 2.05) is 6.07 Å². The molecule has 1 aromatic rings. The van der Waals surface area contributed by atoms with E-state index in [1.54, 1.807) is 0 Å². The van der Waals surface area contributed by atoms with Crippen molar-refractivity contribution in [3.05, 3.63) is 35.9 Å². The van der Waals surface area contributed by atoms with Crippen LogP contribution in [0.5, 0.6) is 0 Å². The van der Waals surface area contributed by atoms with Gasteiger partial charge in [-0.2, -0.15) is 0 Å². The number of nitrogens with one attached hydrogen (secondary N) is 1. The normalized spacial score (nSPS) is 18.8. The van der Waals surface area contributed by atoms with Crippen molar-refractivity contribution in [2.45, 2.75) is 33.2 Å². The summed E-state index contributed by atoms with van der Waals surface area (Å²) in [7, 11) is 4.12. The minimum Gasteiger partial charge on any atom is -0.356 e. The molecule has 0 bridgehead atoms. The number of hydrogen-bond donors (Lipinski definition) is 1. The van der Waals surface area contributed by atoms with E-state index in [9.17, 15) is 0 Å². The van der Waals surface area contributed by atoms with Gasteiger partial charge in [0.1, 0.15) is 0 Å². The van der Waals surface area contributed by atoms with E-state index in [0.29, 0.717) is 0 Å². The van der Waals surface area contributed by atoms with Gasteiger partial charge in [-0.05, 0) is 36.8 Å². The lowest BCUT2D eigenvalue weighted by Gasteiger charge is -2.34. The van der Waals surface area contributed by atoms with E-state index in [1.165, 1.54) is 38.0 Å². The fourth-order valence-electron chi connectivity index (χ4n) is 3.34. The number of aliphatic imine (C=N–C) groups is 1. The molecule has 1 unspecified atom stereocenters. The molecule has 1 aromatic carbocycles. The van der Waals surface area contributed by atoms with Crippen LogP contribution in [0.2, 0.25) is 0 Å². The Balaban J connectivity index is 0.00000312. The Labute approximate surface area is 171 Å². The highest BCUT2D eigenvalue weighted by Crippen LogP contribution is 2.17. The molecule has 1 aliphatic rings. The third-order valence-electron chi connectivity index (χ3n) is 4.45. The maximum Gasteiger partial charge on any atom is 0.193 e. The van der Waals surface area contributed by atoms with Crippen LogP contribution in [0.15, 0.2) is 35.3 Å². The van der Waals surface area contributed by atoms with Gasteiger partial charge in [-0.25, -0.2) is 4.99 Å². The summed E-state index contributed by atoms with van der Waals surface area (Å²) in [4.78, 5) is 9.47. The van der Waals surface area contributed by atoms with Gasteiger partial charge in [-0.3, -0.25) is 0 Å². The fraction of sp³-hybridized carbons (Fsp3) is 0.650. The Morgan fingerprint density at radius 1 is 1.28 bits per heavy atom. The zero-order chi connectivity index (χ0) is 17.4. The molecule has 25 heavy (non-hydrogen) atoms. The minimum absolute atomic E-state index is 0. The molecule has 0 amide bonds. The molecule has 1 aliphatic heterocycles. The Morgan fingerprint density at radius 3 is 2.64 bits per heavy atom. The highest BCUT2D eigenvalue weighted by molar-refractivity contribution is 14.0. The Hall–Kier alpha value is -0.820. The second-order valence-corrected chi connectivity index (χ2v) is 7.56. The summed E-state index contributed by atoms with van der Waals surface area (Å²) in [6, 6.07) is 10.4. The summed E-state index contributed by atoms with van der Waals surface area (Å²) in [6.07, 6.45) is 2.64. The number of halogens is 1. The third-order valence-corrected chi connectivity index (χ3v) is 4.45. The lowest BCUT2D eigenvalue weighted by atomic mass is 9.97. The summed E-state index contributed by atoms with van der Waals surface area (Å²) in [5.41, 5.74) is 1.25. The topological polar surface area (TPSA) is 30.9 Å². The fourth-order valence-corrected chi connectivity index (χ4v) is 3.34. The Morgan fingerprint density at radius 2 is 2.00 bits per heavy atom. The maximum absolute atomic E-state index is 4.76. The van der Waals surface area contributed by atoms with Crippen LogP contribution in [0.25, 0.3) is 0 Å². The molecule has 0 saturated carbocycles. The van der Waals surface area contributed by atoms with E-state index in [-0.39, 0.29) is 24.0 Å². The molecule has 0 aliphatic carbocycles. The van der Waals surface area contributed by atoms with Crippen LogP contribution in [0.1, 0.15) is 32.3 Å². The molecule has 0 aromatic heterocycles. The van der Waals surface area contributed by atoms with Gasteiger partial charge in [0, 0.05) is 33.7 Å². The average molecular weight is 458 g/mol. The van der Waals surface area contributed by atoms with Gasteiger partial charge in [0.2, 0.25) is 0 Å². The smallest absolute Gasteiger partial charge is 0.193 e. The molecule has 1 saturated heterocycles. The molecular weight excluding hydrogens is 423 g/mol. The second kappa shape index (κ2) is 11.7. The first-order valence-electron chi connectivity index (χ1n) is 9.26. The molecule has 4 nitrogen and oxygen atoms in total. The predicted molar refractivity (Wildman–Crippen MR) is 119 cm³/mol. The van der Waals surface area contributed by atoms with Crippen LogP contribution in [0.3, 0.4) is 0 Å². The van der Waals surface area contributed by atoms with Crippen LogP contribution in [0.4, 0.5) is 0 Å². The van der Waals surface area contributed by atoms with Crippen LogP contribution in [-0.4, -0.2) is 56.0 Å². The van der Waals surface area contributed by atoms with Gasteiger partial charge in [0.25, 0.3) is 0 Å². The Bertz CT molecular complexity index is 502. The molecule has 5 heteroatoms. The first-order valence-corrected chi connectivity index (χ1v) is 9.26. The van der Waals surface area contributed by atoms with Crippen molar-refractivity contribution in [2.24, 2.45) is 16.8 Å². The van der Waals surface area contributed by atoms with Gasteiger partial charge in [0.15, 0.2) is 5.96 Å². The minimum atomic E-state index is 0. The number of piperidine rings is 1. The molecule has 142 valence electrons. The van der Waals surface area contributed by atoms with Crippen molar-refractivity contribution in [3.63, 3.8) is 0 Å². The number of nitrogens with zero attached hydrogens (tertiary/aromatic N) is 3. The quantitative estimate of drug-likeness (QED) is 0.401. The third kappa shape index (κ3) is 8.40. The molecule has 1 heterocycles. The highest BCUT2D eigenvalue weighted by Gasteiger charge is 2.20. The standard InChI is InChI=1S/C20H34N4.HI/c1-17(2)15-24-12-8-11-19(16-24)14-22-20(23(3)4)21-13-18-9-6-5-7-10-18;/h5-7,9-10,17,19H,8,11-16H2,1-4H3,(H,21,22);1H. The van der Waals surface area contributed by atoms with Crippen LogP contribution in [-0.2, 0) is 6.54 Å². The van der Waals surface area contributed by atoms with Gasteiger partial charge in [-0.15, -0.1) is 24.0 Å². The zero-order valence-electron chi connectivity index (χ0n) is 16.2. The summed E-state index contributed by atoms with van der Waals surface area (Å²) in [5.74, 6) is 2.46. The molecule has 1 atom stereocenters. The summed E-state index contributed by atoms with van der Waals surface area (Å²) in [6.45, 7) is 10.1. The lowest BCUT2D eigenvalue weighted by molar-refractivity contribution is 0.159. The van der Waals surface area contributed by atoms with Crippen LogP contribution >= 0.6 is 24.0 Å².